The van der Waals surface area contributed by atoms with E-state index in [1.165, 1.54) is 38.2 Å². The first-order chi connectivity index (χ1) is 7.76. The second-order valence-electron chi connectivity index (χ2n) is 4.72. The van der Waals surface area contributed by atoms with Crippen molar-refractivity contribution in [3.8, 4) is 0 Å². The molecule has 0 aromatic heterocycles. The first-order valence-corrected chi connectivity index (χ1v) is 6.59. The van der Waals surface area contributed by atoms with E-state index < -0.39 is 0 Å². The van der Waals surface area contributed by atoms with Crippen LogP contribution in [-0.2, 0) is 9.53 Å². The highest BCUT2D eigenvalue weighted by Gasteiger charge is 2.22. The quantitative estimate of drug-likeness (QED) is 0.523. The third-order valence-corrected chi connectivity index (χ3v) is 3.35. The van der Waals surface area contributed by atoms with Gasteiger partial charge in [-0.3, -0.25) is 0 Å². The summed E-state index contributed by atoms with van der Waals surface area (Å²) in [5.41, 5.74) is 0. The predicted octanol–water partition coefficient (Wildman–Crippen LogP) is 3.85. The van der Waals surface area contributed by atoms with Gasteiger partial charge in [-0.05, 0) is 38.5 Å². The van der Waals surface area contributed by atoms with Gasteiger partial charge in [0.1, 0.15) is 6.10 Å². The van der Waals surface area contributed by atoms with Crippen molar-refractivity contribution >= 4 is 5.97 Å². The standard InChI is InChI=1S/C14H24O2/c1-3-5-7-12-8-10-13(11-9-12)16-14(15)6-4-2/h4,6,12-13H,3,5,7-11H2,1-2H3. The third-order valence-electron chi connectivity index (χ3n) is 3.35. The molecule has 92 valence electrons. The zero-order chi connectivity index (χ0) is 11.8. The molecule has 1 fully saturated rings. The van der Waals surface area contributed by atoms with Crippen LogP contribution in [0.2, 0.25) is 0 Å². The molecule has 2 heteroatoms. The van der Waals surface area contributed by atoms with Crippen LogP contribution in [0.4, 0.5) is 0 Å². The molecule has 1 rings (SSSR count). The lowest BCUT2D eigenvalue weighted by atomic mass is 9.84. The maximum absolute atomic E-state index is 11.3. The van der Waals surface area contributed by atoms with E-state index in [1.807, 2.05) is 6.92 Å². The Morgan fingerprint density at radius 3 is 2.56 bits per heavy atom. The Kier molecular flexibility index (Phi) is 6.20. The summed E-state index contributed by atoms with van der Waals surface area (Å²) in [6, 6.07) is 0. The van der Waals surface area contributed by atoms with Crippen LogP contribution in [0.15, 0.2) is 12.2 Å². The van der Waals surface area contributed by atoms with Gasteiger partial charge in [-0.25, -0.2) is 4.79 Å². The Labute approximate surface area is 99.1 Å². The van der Waals surface area contributed by atoms with Gasteiger partial charge in [-0.1, -0.05) is 32.3 Å². The van der Waals surface area contributed by atoms with Crippen LogP contribution in [-0.4, -0.2) is 12.1 Å². The fourth-order valence-electron chi connectivity index (χ4n) is 2.37. The van der Waals surface area contributed by atoms with E-state index in [0.717, 1.165) is 18.8 Å². The van der Waals surface area contributed by atoms with Gasteiger partial charge in [0, 0.05) is 6.08 Å². The molecule has 0 radical (unpaired) electrons. The Bertz CT molecular complexity index is 225. The van der Waals surface area contributed by atoms with E-state index in [9.17, 15) is 4.79 Å². The first-order valence-electron chi connectivity index (χ1n) is 6.59. The monoisotopic (exact) mass is 224 g/mol. The summed E-state index contributed by atoms with van der Waals surface area (Å²) < 4.78 is 5.36. The van der Waals surface area contributed by atoms with E-state index in [4.69, 9.17) is 4.74 Å². The number of rotatable bonds is 5. The zero-order valence-corrected chi connectivity index (χ0v) is 10.6. The minimum atomic E-state index is -0.181. The van der Waals surface area contributed by atoms with Crippen LogP contribution in [0.3, 0.4) is 0 Å². The van der Waals surface area contributed by atoms with Crippen molar-refractivity contribution in [3.63, 3.8) is 0 Å². The van der Waals surface area contributed by atoms with Crippen molar-refractivity contribution in [3.05, 3.63) is 12.2 Å². The Morgan fingerprint density at radius 2 is 2.00 bits per heavy atom. The molecule has 2 nitrogen and oxygen atoms in total. The molecule has 0 unspecified atom stereocenters. The second-order valence-corrected chi connectivity index (χ2v) is 4.72. The van der Waals surface area contributed by atoms with Gasteiger partial charge in [0.25, 0.3) is 0 Å². The summed E-state index contributed by atoms with van der Waals surface area (Å²) in [6.07, 6.45) is 12.0. The van der Waals surface area contributed by atoms with Gasteiger partial charge >= 0.3 is 5.97 Å². The van der Waals surface area contributed by atoms with E-state index in [0.29, 0.717) is 0 Å². The molecule has 0 N–H and O–H groups in total. The molecule has 0 aliphatic heterocycles. The highest BCUT2D eigenvalue weighted by Crippen LogP contribution is 2.29. The number of ether oxygens (including phenoxy) is 1. The SMILES string of the molecule is CC=CC(=O)OC1CCC(CCCC)CC1. The number of hydrogen-bond donors (Lipinski definition) is 0. The lowest BCUT2D eigenvalue weighted by Crippen LogP contribution is -2.23. The van der Waals surface area contributed by atoms with E-state index >= 15 is 0 Å². The summed E-state index contributed by atoms with van der Waals surface area (Å²) in [7, 11) is 0. The van der Waals surface area contributed by atoms with E-state index in [-0.39, 0.29) is 12.1 Å². The van der Waals surface area contributed by atoms with Crippen molar-refractivity contribution in [2.24, 2.45) is 5.92 Å². The smallest absolute Gasteiger partial charge is 0.330 e. The topological polar surface area (TPSA) is 26.3 Å². The van der Waals surface area contributed by atoms with E-state index in [2.05, 4.69) is 6.92 Å². The highest BCUT2D eigenvalue weighted by molar-refractivity contribution is 5.81. The Balaban J connectivity index is 2.19. The van der Waals surface area contributed by atoms with Gasteiger partial charge in [-0.2, -0.15) is 0 Å². The molecule has 16 heavy (non-hydrogen) atoms. The highest BCUT2D eigenvalue weighted by atomic mass is 16.5. The Morgan fingerprint density at radius 1 is 1.31 bits per heavy atom. The summed E-state index contributed by atoms with van der Waals surface area (Å²) in [4.78, 5) is 11.3. The van der Waals surface area contributed by atoms with Gasteiger partial charge in [0.2, 0.25) is 0 Å². The molecular weight excluding hydrogens is 200 g/mol. The van der Waals surface area contributed by atoms with Gasteiger partial charge < -0.3 is 4.74 Å². The molecule has 0 aromatic carbocycles. The van der Waals surface area contributed by atoms with Crippen molar-refractivity contribution in [2.45, 2.75) is 64.9 Å². The fourth-order valence-corrected chi connectivity index (χ4v) is 2.37. The molecule has 0 heterocycles. The summed E-state index contributed by atoms with van der Waals surface area (Å²) in [5.74, 6) is 0.691. The lowest BCUT2D eigenvalue weighted by Gasteiger charge is -2.27. The second kappa shape index (κ2) is 7.48. The number of carbonyl (C=O) groups excluding carboxylic acids is 1. The molecule has 0 spiro atoms. The van der Waals surface area contributed by atoms with Crippen LogP contribution in [0.25, 0.3) is 0 Å². The number of allylic oxidation sites excluding steroid dienone is 1. The summed E-state index contributed by atoms with van der Waals surface area (Å²) >= 11 is 0. The first kappa shape index (κ1) is 13.3. The van der Waals surface area contributed by atoms with Gasteiger partial charge in [-0.15, -0.1) is 0 Å². The van der Waals surface area contributed by atoms with Crippen LogP contribution in [0.1, 0.15) is 58.8 Å². The Hall–Kier alpha value is -0.790. The molecular formula is C14H24O2. The minimum Gasteiger partial charge on any atom is -0.459 e. The normalized spacial score (nSPS) is 25.9. The summed E-state index contributed by atoms with van der Waals surface area (Å²) in [5, 5.41) is 0. The fraction of sp³-hybridized carbons (Fsp3) is 0.786. The summed E-state index contributed by atoms with van der Waals surface area (Å²) in [6.45, 7) is 4.08. The van der Waals surface area contributed by atoms with Crippen molar-refractivity contribution in [1.29, 1.82) is 0 Å². The van der Waals surface area contributed by atoms with Crippen LogP contribution >= 0.6 is 0 Å². The van der Waals surface area contributed by atoms with Crippen molar-refractivity contribution in [2.75, 3.05) is 0 Å². The number of hydrogen-bond acceptors (Lipinski definition) is 2. The number of esters is 1. The molecule has 0 aromatic rings. The van der Waals surface area contributed by atoms with Gasteiger partial charge in [0.15, 0.2) is 0 Å². The largest absolute Gasteiger partial charge is 0.459 e. The van der Waals surface area contributed by atoms with E-state index in [1.54, 1.807) is 6.08 Å². The van der Waals surface area contributed by atoms with Crippen molar-refractivity contribution in [1.82, 2.24) is 0 Å². The van der Waals surface area contributed by atoms with Gasteiger partial charge in [0.05, 0.1) is 0 Å². The molecule has 1 aliphatic carbocycles. The average Bonchev–Trinajstić information content (AvgIpc) is 2.28. The maximum Gasteiger partial charge on any atom is 0.330 e. The van der Waals surface area contributed by atoms with Crippen LogP contribution in [0.5, 0.6) is 0 Å². The lowest BCUT2D eigenvalue weighted by molar-refractivity contribution is -0.144. The minimum absolute atomic E-state index is 0.168. The maximum atomic E-state index is 11.3. The molecule has 0 saturated heterocycles. The van der Waals surface area contributed by atoms with Crippen LogP contribution < -0.4 is 0 Å². The molecule has 0 amide bonds. The predicted molar refractivity (Wildman–Crippen MR) is 66.2 cm³/mol. The zero-order valence-electron chi connectivity index (χ0n) is 10.6. The molecule has 1 aliphatic rings. The third kappa shape index (κ3) is 4.82. The van der Waals surface area contributed by atoms with Crippen LogP contribution in [0, 0.1) is 5.92 Å². The average molecular weight is 224 g/mol. The van der Waals surface area contributed by atoms with Crippen molar-refractivity contribution < 1.29 is 9.53 Å². The number of unbranched alkanes of at least 4 members (excludes halogenated alkanes) is 1. The molecule has 0 atom stereocenters. The molecule has 1 saturated carbocycles. The number of carbonyl (C=O) groups is 1. The molecule has 0 bridgehead atoms.